The number of hydrogen-bond donors (Lipinski definition) is 3. The monoisotopic (exact) mass is 347 g/mol. The molecule has 2 heterocycles. The molecule has 9 nitrogen and oxygen atoms in total. The van der Waals surface area contributed by atoms with Crippen molar-refractivity contribution in [3.8, 4) is 0 Å². The fourth-order valence-electron chi connectivity index (χ4n) is 2.63. The van der Waals surface area contributed by atoms with Crippen molar-refractivity contribution in [3.63, 3.8) is 0 Å². The highest BCUT2D eigenvalue weighted by Crippen LogP contribution is 2.26. The van der Waals surface area contributed by atoms with Gasteiger partial charge in [-0.1, -0.05) is 18.7 Å². The molecule has 0 aliphatic heterocycles. The molecule has 2 aromatic rings. The maximum atomic E-state index is 12.1. The van der Waals surface area contributed by atoms with Gasteiger partial charge < -0.3 is 5.73 Å². The second-order valence-electron chi connectivity index (χ2n) is 5.73. The van der Waals surface area contributed by atoms with Crippen molar-refractivity contribution in [2.45, 2.75) is 31.8 Å². The molecule has 1 aliphatic carbocycles. The van der Waals surface area contributed by atoms with Crippen molar-refractivity contribution >= 4 is 35.3 Å². The molecule has 0 bridgehead atoms. The van der Waals surface area contributed by atoms with Gasteiger partial charge in [0.1, 0.15) is 0 Å². The number of nitrogens with one attached hydrogen (secondary N) is 2. The molecule has 3 rings (SSSR count). The van der Waals surface area contributed by atoms with Crippen LogP contribution in [0.3, 0.4) is 0 Å². The summed E-state index contributed by atoms with van der Waals surface area (Å²) in [6.07, 6.45) is 1.22. The molecule has 126 valence electrons. The third-order valence-corrected chi connectivity index (χ3v) is 4.43. The first-order valence-corrected chi connectivity index (χ1v) is 8.42. The first-order valence-electron chi connectivity index (χ1n) is 7.43. The van der Waals surface area contributed by atoms with E-state index in [1.54, 1.807) is 6.92 Å². The molecule has 0 spiro atoms. The Balaban J connectivity index is 1.69. The Bertz CT molecular complexity index is 804. The van der Waals surface area contributed by atoms with Gasteiger partial charge in [-0.3, -0.25) is 14.9 Å². The van der Waals surface area contributed by atoms with E-state index in [0.29, 0.717) is 34.9 Å². The number of aromatic amines is 1. The smallest absolute Gasteiger partial charge is 0.237 e. The van der Waals surface area contributed by atoms with E-state index in [4.69, 9.17) is 5.73 Å². The Hall–Kier alpha value is -2.49. The quantitative estimate of drug-likeness (QED) is 0.695. The number of amides is 1. The number of carbonyl (C=O) groups is 2. The van der Waals surface area contributed by atoms with Crippen LogP contribution < -0.4 is 11.1 Å². The third-order valence-electron chi connectivity index (χ3n) is 3.59. The highest BCUT2D eigenvalue weighted by atomic mass is 32.2. The van der Waals surface area contributed by atoms with Crippen LogP contribution in [0, 0.1) is 12.8 Å². The van der Waals surface area contributed by atoms with Crippen molar-refractivity contribution in [2.24, 2.45) is 5.92 Å². The number of nitrogen functional groups attached to an aromatic ring is 1. The van der Waals surface area contributed by atoms with Crippen molar-refractivity contribution in [2.75, 3.05) is 16.8 Å². The molecular weight excluding hydrogens is 330 g/mol. The highest BCUT2D eigenvalue weighted by molar-refractivity contribution is 7.99. The number of rotatable bonds is 4. The van der Waals surface area contributed by atoms with Crippen molar-refractivity contribution in [1.29, 1.82) is 0 Å². The minimum atomic E-state index is -0.280. The minimum absolute atomic E-state index is 0.0666. The lowest BCUT2D eigenvalue weighted by Crippen LogP contribution is -2.24. The Morgan fingerprint density at radius 1 is 1.38 bits per heavy atom. The van der Waals surface area contributed by atoms with Gasteiger partial charge in [0.25, 0.3) is 0 Å². The molecule has 1 atom stereocenters. The third kappa shape index (κ3) is 3.53. The van der Waals surface area contributed by atoms with E-state index in [0.717, 1.165) is 11.8 Å². The number of aryl methyl sites for hydroxylation is 1. The van der Waals surface area contributed by atoms with E-state index in [1.165, 1.54) is 0 Å². The molecule has 10 heteroatoms. The molecule has 4 N–H and O–H groups in total. The Kier molecular flexibility index (Phi) is 4.47. The number of carbonyl (C=O) groups excluding carboxylic acids is 2. The fraction of sp³-hybridized carbons (Fsp3) is 0.429. The molecule has 0 saturated heterocycles. The van der Waals surface area contributed by atoms with Crippen LogP contribution in [0.15, 0.2) is 5.16 Å². The zero-order chi connectivity index (χ0) is 17.3. The van der Waals surface area contributed by atoms with Crippen LogP contribution in [-0.2, 0) is 11.2 Å². The predicted molar refractivity (Wildman–Crippen MR) is 88.7 cm³/mol. The number of hydrogen-bond acceptors (Lipinski definition) is 8. The largest absolute Gasteiger partial charge is 0.368 e. The summed E-state index contributed by atoms with van der Waals surface area (Å²) >= 11 is 1.15. The summed E-state index contributed by atoms with van der Waals surface area (Å²) in [5, 5.41) is 9.38. The predicted octanol–water partition coefficient (Wildman–Crippen LogP) is 0.981. The normalized spacial score (nSPS) is 16.8. The fourth-order valence-corrected chi connectivity index (χ4v) is 3.24. The second-order valence-corrected chi connectivity index (χ2v) is 6.67. The summed E-state index contributed by atoms with van der Waals surface area (Å²) in [6.45, 7) is 3.77. The number of ketones is 1. The highest BCUT2D eigenvalue weighted by Gasteiger charge is 2.26. The lowest BCUT2D eigenvalue weighted by molar-refractivity contribution is -0.113. The first-order chi connectivity index (χ1) is 11.4. The number of aromatic nitrogens is 5. The maximum Gasteiger partial charge on any atom is 0.237 e. The van der Waals surface area contributed by atoms with E-state index in [-0.39, 0.29) is 35.3 Å². The average Bonchev–Trinajstić information content (AvgIpc) is 2.89. The lowest BCUT2D eigenvalue weighted by Gasteiger charge is -2.21. The van der Waals surface area contributed by atoms with Gasteiger partial charge in [-0.2, -0.15) is 4.98 Å². The topological polar surface area (TPSA) is 140 Å². The zero-order valence-electron chi connectivity index (χ0n) is 13.3. The van der Waals surface area contributed by atoms with E-state index >= 15 is 0 Å². The van der Waals surface area contributed by atoms with Gasteiger partial charge in [-0.25, -0.2) is 15.1 Å². The zero-order valence-corrected chi connectivity index (χ0v) is 14.1. The maximum absolute atomic E-state index is 12.1. The van der Waals surface area contributed by atoms with Gasteiger partial charge >= 0.3 is 0 Å². The number of nitrogens with two attached hydrogens (primary N) is 1. The molecule has 0 radical (unpaired) electrons. The summed E-state index contributed by atoms with van der Waals surface area (Å²) in [7, 11) is 0. The van der Waals surface area contributed by atoms with Crippen LogP contribution in [0.2, 0.25) is 0 Å². The average molecular weight is 347 g/mol. The van der Waals surface area contributed by atoms with Crippen LogP contribution in [0.25, 0.3) is 0 Å². The van der Waals surface area contributed by atoms with Gasteiger partial charge in [-0.15, -0.1) is 5.10 Å². The van der Waals surface area contributed by atoms with Crippen LogP contribution in [-0.4, -0.2) is 42.6 Å². The number of H-pyrrole nitrogens is 1. The SMILES string of the molecule is Cc1nc(NC(=O)CSc2n[nH]c(N)n2)nc2c1C(=O)C[C@H](C)C2. The van der Waals surface area contributed by atoms with Crippen LogP contribution in [0.4, 0.5) is 11.9 Å². The molecule has 0 fully saturated rings. The summed E-state index contributed by atoms with van der Waals surface area (Å²) in [6, 6.07) is 0. The van der Waals surface area contributed by atoms with E-state index in [9.17, 15) is 9.59 Å². The standard InChI is InChI=1S/C14H17N7O2S/c1-6-3-8-11(9(22)4-6)7(2)16-13(17-8)18-10(23)5-24-14-19-12(15)20-21-14/h6H,3-5H2,1-2H3,(H3,15,19,20,21)(H,16,17,18,23)/t6-/m1/s1. The van der Waals surface area contributed by atoms with E-state index < -0.39 is 0 Å². The summed E-state index contributed by atoms with van der Waals surface area (Å²) in [5.41, 5.74) is 7.32. The Morgan fingerprint density at radius 2 is 2.17 bits per heavy atom. The van der Waals surface area contributed by atoms with Crippen LogP contribution in [0.1, 0.15) is 35.1 Å². The molecule has 1 aliphatic rings. The van der Waals surface area contributed by atoms with Crippen molar-refractivity contribution in [3.05, 3.63) is 17.0 Å². The van der Waals surface area contributed by atoms with Crippen LogP contribution >= 0.6 is 11.8 Å². The molecule has 1 amide bonds. The van der Waals surface area contributed by atoms with Crippen molar-refractivity contribution < 1.29 is 9.59 Å². The van der Waals surface area contributed by atoms with Gasteiger partial charge in [0.05, 0.1) is 22.7 Å². The second kappa shape index (κ2) is 6.56. The molecule has 24 heavy (non-hydrogen) atoms. The first kappa shape index (κ1) is 16.4. The minimum Gasteiger partial charge on any atom is -0.368 e. The van der Waals surface area contributed by atoms with Gasteiger partial charge in [-0.05, 0) is 19.3 Å². The number of anilines is 2. The molecular formula is C14H17N7O2S. The number of thioether (sulfide) groups is 1. The Morgan fingerprint density at radius 3 is 2.88 bits per heavy atom. The van der Waals surface area contributed by atoms with E-state index in [2.05, 4.69) is 30.5 Å². The molecule has 0 unspecified atom stereocenters. The number of Topliss-reactive ketones (excluding diaryl/α,β-unsaturated/α-hetero) is 1. The van der Waals surface area contributed by atoms with E-state index in [1.807, 2.05) is 6.92 Å². The summed E-state index contributed by atoms with van der Waals surface area (Å²) in [5.74, 6) is 0.550. The van der Waals surface area contributed by atoms with Gasteiger partial charge in [0.15, 0.2) is 5.78 Å². The van der Waals surface area contributed by atoms with Gasteiger partial charge in [0, 0.05) is 6.42 Å². The summed E-state index contributed by atoms with van der Waals surface area (Å²) < 4.78 is 0. The molecule has 2 aromatic heterocycles. The number of nitrogens with zero attached hydrogens (tertiary/aromatic N) is 4. The molecule has 0 saturated carbocycles. The molecule has 0 aromatic carbocycles. The van der Waals surface area contributed by atoms with Gasteiger partial charge in [0.2, 0.25) is 23.0 Å². The summed E-state index contributed by atoms with van der Waals surface area (Å²) in [4.78, 5) is 36.6. The van der Waals surface area contributed by atoms with Crippen LogP contribution in [0.5, 0.6) is 0 Å². The van der Waals surface area contributed by atoms with Crippen molar-refractivity contribution in [1.82, 2.24) is 25.1 Å². The Labute approximate surface area is 142 Å². The lowest BCUT2D eigenvalue weighted by atomic mass is 9.86. The number of fused-ring (bicyclic) bond motifs is 1.